The van der Waals surface area contributed by atoms with E-state index in [1.54, 1.807) is 4.68 Å². The zero-order chi connectivity index (χ0) is 22.1. The summed E-state index contributed by atoms with van der Waals surface area (Å²) in [4.78, 5) is 12.1. The van der Waals surface area contributed by atoms with Crippen molar-refractivity contribution in [1.29, 1.82) is 5.26 Å². The van der Waals surface area contributed by atoms with Crippen molar-refractivity contribution in [3.63, 3.8) is 0 Å². The van der Waals surface area contributed by atoms with Crippen LogP contribution in [0, 0.1) is 18.3 Å². The first-order valence-electron chi connectivity index (χ1n) is 11.1. The topological polar surface area (TPSA) is 123 Å². The highest BCUT2D eigenvalue weighted by Crippen LogP contribution is 2.36. The SMILES string of the molecule is Cc1cc(Nc2cc(-c3cnn(C)c3)nc(NC3CC4CCC(C3)N4CCC#N)n2)n[nH]1. The van der Waals surface area contributed by atoms with Crippen LogP contribution in [0.15, 0.2) is 24.5 Å². The molecule has 2 aliphatic heterocycles. The molecular weight excluding hydrogens is 404 g/mol. The predicted molar refractivity (Wildman–Crippen MR) is 121 cm³/mol. The third-order valence-electron chi connectivity index (χ3n) is 6.39. The number of nitriles is 1. The lowest BCUT2D eigenvalue weighted by Gasteiger charge is -2.38. The van der Waals surface area contributed by atoms with Gasteiger partial charge in [0.1, 0.15) is 5.82 Å². The molecule has 32 heavy (non-hydrogen) atoms. The predicted octanol–water partition coefficient (Wildman–Crippen LogP) is 2.97. The maximum atomic E-state index is 8.97. The van der Waals surface area contributed by atoms with Gasteiger partial charge in [0.25, 0.3) is 0 Å². The van der Waals surface area contributed by atoms with E-state index in [1.165, 1.54) is 12.8 Å². The van der Waals surface area contributed by atoms with E-state index in [2.05, 4.69) is 36.9 Å². The van der Waals surface area contributed by atoms with Crippen molar-refractivity contribution < 1.29 is 0 Å². The minimum Gasteiger partial charge on any atom is -0.351 e. The number of aromatic nitrogens is 6. The highest BCUT2D eigenvalue weighted by atomic mass is 15.3. The van der Waals surface area contributed by atoms with E-state index in [1.807, 2.05) is 38.5 Å². The second-order valence-electron chi connectivity index (χ2n) is 8.77. The van der Waals surface area contributed by atoms with Crippen molar-refractivity contribution >= 4 is 17.6 Å². The van der Waals surface area contributed by atoms with Crippen LogP contribution < -0.4 is 10.6 Å². The van der Waals surface area contributed by atoms with Gasteiger partial charge < -0.3 is 10.6 Å². The normalized spacial score (nSPS) is 22.6. The molecule has 2 aliphatic rings. The van der Waals surface area contributed by atoms with Crippen molar-refractivity contribution in [2.45, 2.75) is 57.2 Å². The molecule has 2 fully saturated rings. The standard InChI is InChI=1S/C22H28N10/c1-14-8-21(30-29-14)27-20-11-19(15-12-24-31(2)13-15)26-22(28-20)25-16-9-17-4-5-18(10-16)32(17)7-3-6-23/h8,11-13,16-18H,3-5,7,9-10H2,1-2H3,(H3,25,26,27,28,29,30). The molecule has 2 bridgehead atoms. The number of aromatic amines is 1. The lowest BCUT2D eigenvalue weighted by Crippen LogP contribution is -2.47. The molecule has 0 saturated carbocycles. The zero-order valence-electron chi connectivity index (χ0n) is 18.4. The number of nitrogens with one attached hydrogen (secondary N) is 3. The van der Waals surface area contributed by atoms with Gasteiger partial charge in [-0.25, -0.2) is 4.98 Å². The second-order valence-corrected chi connectivity index (χ2v) is 8.77. The van der Waals surface area contributed by atoms with E-state index in [-0.39, 0.29) is 0 Å². The molecule has 0 radical (unpaired) electrons. The molecule has 0 amide bonds. The largest absolute Gasteiger partial charge is 0.351 e. The van der Waals surface area contributed by atoms with Crippen LogP contribution in [0.5, 0.6) is 0 Å². The van der Waals surface area contributed by atoms with E-state index in [4.69, 9.17) is 15.2 Å². The van der Waals surface area contributed by atoms with Gasteiger partial charge in [0, 0.05) is 67.7 Å². The summed E-state index contributed by atoms with van der Waals surface area (Å²) < 4.78 is 1.77. The molecule has 2 atom stereocenters. The van der Waals surface area contributed by atoms with Gasteiger partial charge in [0.2, 0.25) is 5.95 Å². The van der Waals surface area contributed by atoms with Crippen LogP contribution in [-0.4, -0.2) is 59.5 Å². The number of aryl methyl sites for hydroxylation is 2. The summed E-state index contributed by atoms with van der Waals surface area (Å²) in [6, 6.07) is 7.52. The minimum absolute atomic E-state index is 0.315. The van der Waals surface area contributed by atoms with Crippen molar-refractivity contribution in [3.8, 4) is 17.3 Å². The van der Waals surface area contributed by atoms with Crippen molar-refractivity contribution in [2.24, 2.45) is 7.05 Å². The van der Waals surface area contributed by atoms with Crippen molar-refractivity contribution in [1.82, 2.24) is 34.8 Å². The summed E-state index contributed by atoms with van der Waals surface area (Å²) >= 11 is 0. The molecule has 10 heteroatoms. The molecule has 0 spiro atoms. The van der Waals surface area contributed by atoms with Gasteiger partial charge in [-0.05, 0) is 32.6 Å². The minimum atomic E-state index is 0.315. The molecule has 10 nitrogen and oxygen atoms in total. The first kappa shape index (κ1) is 20.5. The first-order valence-corrected chi connectivity index (χ1v) is 11.1. The lowest BCUT2D eigenvalue weighted by atomic mass is 9.97. The molecule has 2 saturated heterocycles. The highest BCUT2D eigenvalue weighted by molar-refractivity contribution is 5.65. The summed E-state index contributed by atoms with van der Waals surface area (Å²) in [7, 11) is 1.89. The van der Waals surface area contributed by atoms with E-state index in [0.717, 1.165) is 36.3 Å². The Morgan fingerprint density at radius 1 is 1.19 bits per heavy atom. The molecule has 166 valence electrons. The monoisotopic (exact) mass is 432 g/mol. The first-order chi connectivity index (χ1) is 15.6. The Morgan fingerprint density at radius 2 is 2.00 bits per heavy atom. The van der Waals surface area contributed by atoms with E-state index >= 15 is 0 Å². The molecular formula is C22H28N10. The average molecular weight is 433 g/mol. The van der Waals surface area contributed by atoms with E-state index in [9.17, 15) is 0 Å². The van der Waals surface area contributed by atoms with Gasteiger partial charge in [0.05, 0.1) is 18.0 Å². The lowest BCUT2D eigenvalue weighted by molar-refractivity contribution is 0.135. The van der Waals surface area contributed by atoms with Gasteiger partial charge in [-0.2, -0.15) is 20.4 Å². The van der Waals surface area contributed by atoms with Gasteiger partial charge >= 0.3 is 0 Å². The number of hydrogen-bond donors (Lipinski definition) is 3. The van der Waals surface area contributed by atoms with Crippen LogP contribution >= 0.6 is 0 Å². The van der Waals surface area contributed by atoms with Crippen LogP contribution in [0.25, 0.3) is 11.3 Å². The molecule has 5 heterocycles. The Morgan fingerprint density at radius 3 is 2.66 bits per heavy atom. The summed E-state index contributed by atoms with van der Waals surface area (Å²) in [6.45, 7) is 2.84. The quantitative estimate of drug-likeness (QED) is 0.521. The number of rotatable bonds is 7. The number of H-pyrrole nitrogens is 1. The number of hydrogen-bond acceptors (Lipinski definition) is 8. The Kier molecular flexibility index (Phi) is 5.49. The summed E-state index contributed by atoms with van der Waals surface area (Å²) in [5.74, 6) is 2.01. The summed E-state index contributed by atoms with van der Waals surface area (Å²) in [5.41, 5.74) is 2.72. The number of anilines is 3. The maximum Gasteiger partial charge on any atom is 0.225 e. The molecule has 0 aromatic carbocycles. The third kappa shape index (κ3) is 4.29. The molecule has 3 aromatic rings. The fraction of sp³-hybridized carbons (Fsp3) is 0.500. The Hall–Kier alpha value is -3.45. The third-order valence-corrected chi connectivity index (χ3v) is 6.39. The summed E-state index contributed by atoms with van der Waals surface area (Å²) in [5, 5.41) is 27.3. The fourth-order valence-corrected chi connectivity index (χ4v) is 5.01. The average Bonchev–Trinajstić information content (AvgIpc) is 3.44. The maximum absolute atomic E-state index is 8.97. The fourth-order valence-electron chi connectivity index (χ4n) is 5.01. The highest BCUT2D eigenvalue weighted by Gasteiger charge is 2.40. The number of fused-ring (bicyclic) bond motifs is 2. The van der Waals surface area contributed by atoms with Crippen LogP contribution in [0.3, 0.4) is 0 Å². The van der Waals surface area contributed by atoms with Crippen LogP contribution in [-0.2, 0) is 7.05 Å². The van der Waals surface area contributed by atoms with Crippen molar-refractivity contribution in [3.05, 3.63) is 30.2 Å². The van der Waals surface area contributed by atoms with Crippen LogP contribution in [0.2, 0.25) is 0 Å². The molecule has 5 rings (SSSR count). The Balaban J connectivity index is 1.37. The number of piperidine rings is 1. The van der Waals surface area contributed by atoms with Gasteiger partial charge in [0.15, 0.2) is 5.82 Å². The number of nitrogens with zero attached hydrogens (tertiary/aromatic N) is 7. The second kappa shape index (κ2) is 8.59. The van der Waals surface area contributed by atoms with Gasteiger partial charge in [-0.3, -0.25) is 14.7 Å². The van der Waals surface area contributed by atoms with Crippen molar-refractivity contribution in [2.75, 3.05) is 17.2 Å². The van der Waals surface area contributed by atoms with Gasteiger partial charge in [-0.15, -0.1) is 0 Å². The Labute approximate surface area is 187 Å². The zero-order valence-corrected chi connectivity index (χ0v) is 18.4. The molecule has 2 unspecified atom stereocenters. The summed E-state index contributed by atoms with van der Waals surface area (Å²) in [6.07, 6.45) is 8.86. The smallest absolute Gasteiger partial charge is 0.225 e. The van der Waals surface area contributed by atoms with Crippen LogP contribution in [0.4, 0.5) is 17.6 Å². The molecule has 3 aromatic heterocycles. The van der Waals surface area contributed by atoms with Gasteiger partial charge in [-0.1, -0.05) is 0 Å². The molecule has 3 N–H and O–H groups in total. The van der Waals surface area contributed by atoms with Crippen LogP contribution in [0.1, 0.15) is 37.8 Å². The van der Waals surface area contributed by atoms with E-state index in [0.29, 0.717) is 42.1 Å². The molecule has 0 aliphatic carbocycles. The Bertz CT molecular complexity index is 1110. The van der Waals surface area contributed by atoms with E-state index < -0.39 is 0 Å².